The standard InChI is InChI=1S/C18H21FN2O2/c1-3-20(4-2)17-11-7-15(8-12-17)18(13-21(22)23)14-5-9-16(19)10-6-14/h5-12,18H,3-4,13H2,1-2H3. The molecule has 0 radical (unpaired) electrons. The van der Waals surface area contributed by atoms with Gasteiger partial charge in [0.05, 0.1) is 5.92 Å². The highest BCUT2D eigenvalue weighted by Crippen LogP contribution is 2.27. The molecule has 0 heterocycles. The molecule has 0 aliphatic rings. The second-order valence-electron chi connectivity index (χ2n) is 5.38. The monoisotopic (exact) mass is 316 g/mol. The van der Waals surface area contributed by atoms with E-state index in [1.54, 1.807) is 12.1 Å². The van der Waals surface area contributed by atoms with Gasteiger partial charge in [-0.1, -0.05) is 24.3 Å². The summed E-state index contributed by atoms with van der Waals surface area (Å²) in [4.78, 5) is 12.9. The van der Waals surface area contributed by atoms with Gasteiger partial charge in [0.25, 0.3) is 0 Å². The number of hydrogen-bond donors (Lipinski definition) is 0. The number of nitro groups is 1. The number of rotatable bonds is 7. The highest BCUT2D eigenvalue weighted by molar-refractivity contribution is 5.49. The lowest BCUT2D eigenvalue weighted by molar-refractivity contribution is -0.481. The van der Waals surface area contributed by atoms with Crippen LogP contribution in [0.5, 0.6) is 0 Å². The van der Waals surface area contributed by atoms with Crippen LogP contribution in [0.3, 0.4) is 0 Å². The zero-order valence-corrected chi connectivity index (χ0v) is 13.4. The topological polar surface area (TPSA) is 46.4 Å². The summed E-state index contributed by atoms with van der Waals surface area (Å²) in [6, 6.07) is 13.7. The first kappa shape index (κ1) is 16.9. The fraction of sp³-hybridized carbons (Fsp3) is 0.333. The minimum absolute atomic E-state index is 0.212. The summed E-state index contributed by atoms with van der Waals surface area (Å²) < 4.78 is 13.1. The largest absolute Gasteiger partial charge is 0.372 e. The first-order chi connectivity index (χ1) is 11.0. The van der Waals surface area contributed by atoms with Gasteiger partial charge in [-0.2, -0.15) is 0 Å². The molecule has 2 aromatic carbocycles. The van der Waals surface area contributed by atoms with Crippen molar-refractivity contribution < 1.29 is 9.31 Å². The molecule has 0 aliphatic heterocycles. The van der Waals surface area contributed by atoms with E-state index in [0.29, 0.717) is 0 Å². The Hall–Kier alpha value is -2.43. The highest BCUT2D eigenvalue weighted by atomic mass is 19.1. The molecule has 0 saturated heterocycles. The molecular formula is C18H21FN2O2. The van der Waals surface area contributed by atoms with Crippen molar-refractivity contribution in [3.8, 4) is 0 Å². The van der Waals surface area contributed by atoms with Crippen LogP contribution < -0.4 is 4.90 Å². The second-order valence-corrected chi connectivity index (χ2v) is 5.38. The van der Waals surface area contributed by atoms with Crippen LogP contribution in [0.1, 0.15) is 30.9 Å². The average Bonchev–Trinajstić information content (AvgIpc) is 2.55. The van der Waals surface area contributed by atoms with Crippen LogP contribution in [0, 0.1) is 15.9 Å². The van der Waals surface area contributed by atoms with Crippen molar-refractivity contribution >= 4 is 5.69 Å². The molecule has 0 spiro atoms. The van der Waals surface area contributed by atoms with Crippen molar-refractivity contribution in [3.05, 3.63) is 75.6 Å². The van der Waals surface area contributed by atoms with Gasteiger partial charge in [-0.05, 0) is 49.2 Å². The number of hydrogen-bond acceptors (Lipinski definition) is 3. The highest BCUT2D eigenvalue weighted by Gasteiger charge is 2.20. The van der Waals surface area contributed by atoms with Crippen molar-refractivity contribution in [2.45, 2.75) is 19.8 Å². The Bertz CT molecular complexity index is 637. The molecule has 23 heavy (non-hydrogen) atoms. The first-order valence-electron chi connectivity index (χ1n) is 7.77. The van der Waals surface area contributed by atoms with Gasteiger partial charge in [-0.15, -0.1) is 0 Å². The van der Waals surface area contributed by atoms with Crippen LogP contribution >= 0.6 is 0 Å². The third-order valence-corrected chi connectivity index (χ3v) is 4.03. The van der Waals surface area contributed by atoms with E-state index in [1.807, 2.05) is 24.3 Å². The molecule has 0 saturated carbocycles. The van der Waals surface area contributed by atoms with Gasteiger partial charge in [-0.3, -0.25) is 10.1 Å². The number of halogens is 1. The van der Waals surface area contributed by atoms with Crippen molar-refractivity contribution in [3.63, 3.8) is 0 Å². The summed E-state index contributed by atoms with van der Waals surface area (Å²) in [5.74, 6) is -0.721. The molecule has 122 valence electrons. The first-order valence-corrected chi connectivity index (χ1v) is 7.77. The SMILES string of the molecule is CCN(CC)c1ccc(C(C[N+](=O)[O-])c2ccc(F)cc2)cc1. The van der Waals surface area contributed by atoms with Gasteiger partial charge < -0.3 is 4.90 Å². The molecule has 2 aromatic rings. The zero-order valence-electron chi connectivity index (χ0n) is 13.4. The second kappa shape index (κ2) is 7.72. The van der Waals surface area contributed by atoms with Crippen LogP contribution in [0.4, 0.5) is 10.1 Å². The van der Waals surface area contributed by atoms with E-state index in [9.17, 15) is 14.5 Å². The molecule has 0 aliphatic carbocycles. The van der Waals surface area contributed by atoms with E-state index in [2.05, 4.69) is 18.7 Å². The Morgan fingerprint density at radius 3 is 1.91 bits per heavy atom. The van der Waals surface area contributed by atoms with Crippen LogP contribution in [0.25, 0.3) is 0 Å². The number of benzene rings is 2. The van der Waals surface area contributed by atoms with E-state index < -0.39 is 0 Å². The summed E-state index contributed by atoms with van der Waals surface area (Å²) in [6.07, 6.45) is 0. The van der Waals surface area contributed by atoms with Crippen LogP contribution in [-0.4, -0.2) is 24.6 Å². The molecule has 1 unspecified atom stereocenters. The van der Waals surface area contributed by atoms with Gasteiger partial charge in [-0.25, -0.2) is 4.39 Å². The van der Waals surface area contributed by atoms with Gasteiger partial charge in [0.1, 0.15) is 5.82 Å². The lowest BCUT2D eigenvalue weighted by Crippen LogP contribution is -2.21. The normalized spacial score (nSPS) is 12.0. The Labute approximate surface area is 135 Å². The van der Waals surface area contributed by atoms with Gasteiger partial charge in [0, 0.05) is 23.7 Å². The quantitative estimate of drug-likeness (QED) is 0.571. The van der Waals surface area contributed by atoms with Gasteiger partial charge in [0.15, 0.2) is 0 Å². The molecular weight excluding hydrogens is 295 g/mol. The third kappa shape index (κ3) is 4.28. The zero-order chi connectivity index (χ0) is 16.8. The fourth-order valence-corrected chi connectivity index (χ4v) is 2.75. The minimum atomic E-state index is -0.378. The molecule has 4 nitrogen and oxygen atoms in total. The molecule has 0 aromatic heterocycles. The molecule has 0 amide bonds. The van der Waals surface area contributed by atoms with Crippen molar-refractivity contribution in [1.29, 1.82) is 0 Å². The van der Waals surface area contributed by atoms with E-state index >= 15 is 0 Å². The predicted octanol–water partition coefficient (Wildman–Crippen LogP) is 4.08. The van der Waals surface area contributed by atoms with Crippen LogP contribution in [-0.2, 0) is 0 Å². The summed E-state index contributed by atoms with van der Waals surface area (Å²) >= 11 is 0. The summed E-state index contributed by atoms with van der Waals surface area (Å²) in [7, 11) is 0. The summed E-state index contributed by atoms with van der Waals surface area (Å²) in [5.41, 5.74) is 2.71. The van der Waals surface area contributed by atoms with E-state index in [0.717, 1.165) is 29.9 Å². The Morgan fingerprint density at radius 2 is 1.48 bits per heavy atom. The fourth-order valence-electron chi connectivity index (χ4n) is 2.75. The number of anilines is 1. The summed E-state index contributed by atoms with van der Waals surface area (Å²) in [5, 5.41) is 11.0. The van der Waals surface area contributed by atoms with Crippen molar-refractivity contribution in [1.82, 2.24) is 0 Å². The van der Waals surface area contributed by atoms with Crippen molar-refractivity contribution in [2.24, 2.45) is 0 Å². The van der Waals surface area contributed by atoms with Gasteiger partial charge in [0.2, 0.25) is 6.54 Å². The smallest absolute Gasteiger partial charge is 0.214 e. The van der Waals surface area contributed by atoms with Gasteiger partial charge >= 0.3 is 0 Å². The maximum atomic E-state index is 13.1. The average molecular weight is 316 g/mol. The third-order valence-electron chi connectivity index (χ3n) is 4.03. The molecule has 2 rings (SSSR count). The Kier molecular flexibility index (Phi) is 5.68. The molecule has 5 heteroatoms. The Morgan fingerprint density at radius 1 is 1.00 bits per heavy atom. The predicted molar refractivity (Wildman–Crippen MR) is 90.1 cm³/mol. The summed E-state index contributed by atoms with van der Waals surface area (Å²) in [6.45, 7) is 5.78. The van der Waals surface area contributed by atoms with E-state index in [1.165, 1.54) is 12.1 Å². The minimum Gasteiger partial charge on any atom is -0.372 e. The molecule has 0 bridgehead atoms. The molecule has 1 atom stereocenters. The van der Waals surface area contributed by atoms with E-state index in [-0.39, 0.29) is 23.2 Å². The van der Waals surface area contributed by atoms with Crippen LogP contribution in [0.2, 0.25) is 0 Å². The van der Waals surface area contributed by atoms with Crippen molar-refractivity contribution in [2.75, 3.05) is 24.5 Å². The maximum Gasteiger partial charge on any atom is 0.214 e. The molecule has 0 fully saturated rings. The lowest BCUT2D eigenvalue weighted by Gasteiger charge is -2.22. The van der Waals surface area contributed by atoms with E-state index in [4.69, 9.17) is 0 Å². The maximum absolute atomic E-state index is 13.1. The molecule has 0 N–H and O–H groups in total. The van der Waals surface area contributed by atoms with Crippen LogP contribution in [0.15, 0.2) is 48.5 Å². The lowest BCUT2D eigenvalue weighted by atomic mass is 9.91. The Balaban J connectivity index is 2.32. The number of nitrogens with zero attached hydrogens (tertiary/aromatic N) is 2.